The maximum atomic E-state index is 10.6. The third kappa shape index (κ3) is 4.87. The Morgan fingerprint density at radius 3 is 1.95 bits per heavy atom. The standard InChI is InChI=1S/C17H29NO2.ClH/c1-16(2,3)11-9-12(14(18)7-8-19)15(20)13(10-11)17(4,5)6;/h9-10,14,19-20H,7-8,18H2,1-6H3;1H. The number of phenols is 1. The van der Waals surface area contributed by atoms with Crippen LogP contribution >= 0.6 is 12.4 Å². The number of nitrogens with two attached hydrogens (primary N) is 1. The van der Waals surface area contributed by atoms with E-state index in [0.29, 0.717) is 6.42 Å². The molecule has 3 nitrogen and oxygen atoms in total. The molecule has 1 atom stereocenters. The van der Waals surface area contributed by atoms with Gasteiger partial charge in [-0.3, -0.25) is 0 Å². The zero-order valence-electron chi connectivity index (χ0n) is 14.0. The van der Waals surface area contributed by atoms with E-state index < -0.39 is 0 Å². The van der Waals surface area contributed by atoms with Crippen molar-refractivity contribution in [1.29, 1.82) is 0 Å². The van der Waals surface area contributed by atoms with E-state index in [-0.39, 0.29) is 41.6 Å². The van der Waals surface area contributed by atoms with E-state index >= 15 is 0 Å². The van der Waals surface area contributed by atoms with Gasteiger partial charge in [0.15, 0.2) is 0 Å². The lowest BCUT2D eigenvalue weighted by atomic mass is 9.78. The largest absolute Gasteiger partial charge is 0.507 e. The summed E-state index contributed by atoms with van der Waals surface area (Å²) in [4.78, 5) is 0. The quantitative estimate of drug-likeness (QED) is 0.795. The van der Waals surface area contributed by atoms with Crippen molar-refractivity contribution < 1.29 is 10.2 Å². The van der Waals surface area contributed by atoms with Crippen molar-refractivity contribution in [3.8, 4) is 5.75 Å². The molecule has 1 aromatic carbocycles. The Labute approximate surface area is 135 Å². The van der Waals surface area contributed by atoms with Crippen LogP contribution in [0, 0.1) is 0 Å². The lowest BCUT2D eigenvalue weighted by Gasteiger charge is -2.28. The maximum absolute atomic E-state index is 10.6. The summed E-state index contributed by atoms with van der Waals surface area (Å²) in [5, 5.41) is 19.6. The van der Waals surface area contributed by atoms with Crippen LogP contribution in [0.3, 0.4) is 0 Å². The predicted molar refractivity (Wildman–Crippen MR) is 91.4 cm³/mol. The Morgan fingerprint density at radius 1 is 1.05 bits per heavy atom. The van der Waals surface area contributed by atoms with Crippen LogP contribution in [0.1, 0.15) is 70.7 Å². The highest BCUT2D eigenvalue weighted by molar-refractivity contribution is 5.85. The highest BCUT2D eigenvalue weighted by Gasteiger charge is 2.26. The minimum absolute atomic E-state index is 0. The van der Waals surface area contributed by atoms with E-state index in [1.54, 1.807) is 0 Å². The first-order valence-electron chi connectivity index (χ1n) is 7.22. The molecule has 0 radical (unpaired) electrons. The Bertz CT molecular complexity index is 473. The zero-order valence-corrected chi connectivity index (χ0v) is 14.8. The van der Waals surface area contributed by atoms with Gasteiger partial charge in [0, 0.05) is 18.2 Å². The van der Waals surface area contributed by atoms with Gasteiger partial charge in [-0.15, -0.1) is 12.4 Å². The van der Waals surface area contributed by atoms with Crippen LogP contribution in [-0.2, 0) is 10.8 Å². The average Bonchev–Trinajstić information content (AvgIpc) is 2.26. The molecule has 21 heavy (non-hydrogen) atoms. The van der Waals surface area contributed by atoms with Crippen molar-refractivity contribution in [2.24, 2.45) is 5.73 Å². The Kier molecular flexibility index (Phi) is 6.74. The number of aliphatic hydroxyl groups excluding tert-OH is 1. The topological polar surface area (TPSA) is 66.5 Å². The fraction of sp³-hybridized carbons (Fsp3) is 0.647. The molecular weight excluding hydrogens is 286 g/mol. The molecule has 4 N–H and O–H groups in total. The summed E-state index contributed by atoms with van der Waals surface area (Å²) in [5.74, 6) is 0.270. The fourth-order valence-electron chi connectivity index (χ4n) is 2.24. The molecule has 0 aromatic heterocycles. The van der Waals surface area contributed by atoms with E-state index in [1.807, 2.05) is 6.07 Å². The number of aromatic hydroxyl groups is 1. The van der Waals surface area contributed by atoms with Gasteiger partial charge in [-0.1, -0.05) is 47.6 Å². The van der Waals surface area contributed by atoms with Gasteiger partial charge < -0.3 is 15.9 Å². The molecule has 1 rings (SSSR count). The number of rotatable bonds is 3. The normalized spacial score (nSPS) is 13.7. The molecule has 1 unspecified atom stereocenters. The second-order valence-corrected chi connectivity index (χ2v) is 7.58. The lowest BCUT2D eigenvalue weighted by molar-refractivity contribution is 0.275. The minimum atomic E-state index is -0.344. The molecule has 4 heteroatoms. The zero-order chi connectivity index (χ0) is 15.7. The monoisotopic (exact) mass is 315 g/mol. The smallest absolute Gasteiger partial charge is 0.124 e. The van der Waals surface area contributed by atoms with Crippen LogP contribution in [0.15, 0.2) is 12.1 Å². The molecular formula is C17H30ClNO2. The fourth-order valence-corrected chi connectivity index (χ4v) is 2.24. The third-order valence-electron chi connectivity index (χ3n) is 3.65. The molecule has 0 aliphatic carbocycles. The van der Waals surface area contributed by atoms with Crippen LogP contribution in [0.5, 0.6) is 5.75 Å². The van der Waals surface area contributed by atoms with Gasteiger partial charge >= 0.3 is 0 Å². The SMILES string of the molecule is CC(C)(C)c1cc(C(N)CCO)c(O)c(C(C)(C)C)c1.Cl. The van der Waals surface area contributed by atoms with Crippen LogP contribution in [-0.4, -0.2) is 16.8 Å². The summed E-state index contributed by atoms with van der Waals surface area (Å²) in [6, 6.07) is 3.71. The number of hydrogen-bond acceptors (Lipinski definition) is 3. The summed E-state index contributed by atoms with van der Waals surface area (Å²) in [5.41, 5.74) is 8.74. The van der Waals surface area contributed by atoms with E-state index in [2.05, 4.69) is 47.6 Å². The van der Waals surface area contributed by atoms with Gasteiger partial charge in [-0.2, -0.15) is 0 Å². The van der Waals surface area contributed by atoms with Crippen molar-refractivity contribution in [2.75, 3.05) is 6.61 Å². The van der Waals surface area contributed by atoms with Crippen molar-refractivity contribution >= 4 is 12.4 Å². The summed E-state index contributed by atoms with van der Waals surface area (Å²) in [6.45, 7) is 12.7. The number of hydrogen-bond donors (Lipinski definition) is 3. The number of phenolic OH excluding ortho intramolecular Hbond substituents is 1. The first-order valence-corrected chi connectivity index (χ1v) is 7.22. The maximum Gasteiger partial charge on any atom is 0.124 e. The van der Waals surface area contributed by atoms with Gasteiger partial charge in [0.1, 0.15) is 5.75 Å². The van der Waals surface area contributed by atoms with Gasteiger partial charge in [0.05, 0.1) is 0 Å². The summed E-state index contributed by atoms with van der Waals surface area (Å²) in [6.07, 6.45) is 0.449. The molecule has 0 aliphatic rings. The van der Waals surface area contributed by atoms with E-state index in [1.165, 1.54) is 0 Å². The summed E-state index contributed by atoms with van der Waals surface area (Å²) >= 11 is 0. The van der Waals surface area contributed by atoms with Gasteiger partial charge in [0.2, 0.25) is 0 Å². The molecule has 0 aliphatic heterocycles. The van der Waals surface area contributed by atoms with Crippen LogP contribution in [0.2, 0.25) is 0 Å². The average molecular weight is 316 g/mol. The summed E-state index contributed by atoms with van der Waals surface area (Å²) in [7, 11) is 0. The van der Waals surface area contributed by atoms with Crippen molar-refractivity contribution in [2.45, 2.75) is 64.8 Å². The van der Waals surface area contributed by atoms with Crippen molar-refractivity contribution in [1.82, 2.24) is 0 Å². The van der Waals surface area contributed by atoms with E-state index in [4.69, 9.17) is 10.8 Å². The molecule has 0 saturated carbocycles. The Balaban J connectivity index is 0.00000400. The molecule has 0 spiro atoms. The van der Waals surface area contributed by atoms with E-state index in [0.717, 1.165) is 16.7 Å². The lowest BCUT2D eigenvalue weighted by Crippen LogP contribution is -2.20. The second kappa shape index (κ2) is 6.99. The first-order chi connectivity index (χ1) is 8.98. The molecule has 0 bridgehead atoms. The van der Waals surface area contributed by atoms with Crippen molar-refractivity contribution in [3.63, 3.8) is 0 Å². The Hall–Kier alpha value is -0.770. The number of halogens is 1. The molecule has 0 fully saturated rings. The Morgan fingerprint density at radius 2 is 1.57 bits per heavy atom. The molecule has 0 amide bonds. The van der Waals surface area contributed by atoms with Crippen LogP contribution in [0.25, 0.3) is 0 Å². The van der Waals surface area contributed by atoms with Crippen molar-refractivity contribution in [3.05, 3.63) is 28.8 Å². The summed E-state index contributed by atoms with van der Waals surface area (Å²) < 4.78 is 0. The van der Waals surface area contributed by atoms with Crippen LogP contribution in [0.4, 0.5) is 0 Å². The highest BCUT2D eigenvalue weighted by atomic mass is 35.5. The number of benzene rings is 1. The first kappa shape index (κ1) is 20.2. The minimum Gasteiger partial charge on any atom is -0.507 e. The molecule has 122 valence electrons. The van der Waals surface area contributed by atoms with E-state index in [9.17, 15) is 5.11 Å². The molecule has 0 saturated heterocycles. The van der Waals surface area contributed by atoms with Crippen LogP contribution < -0.4 is 5.73 Å². The molecule has 0 heterocycles. The second-order valence-electron chi connectivity index (χ2n) is 7.58. The highest BCUT2D eigenvalue weighted by Crippen LogP contribution is 2.39. The predicted octanol–water partition coefficient (Wildman–Crippen LogP) is 3.79. The number of aliphatic hydroxyl groups is 1. The third-order valence-corrected chi connectivity index (χ3v) is 3.65. The van der Waals surface area contributed by atoms with Gasteiger partial charge in [0.25, 0.3) is 0 Å². The molecule has 1 aromatic rings. The van der Waals surface area contributed by atoms with Gasteiger partial charge in [-0.25, -0.2) is 0 Å². The van der Waals surface area contributed by atoms with Gasteiger partial charge in [-0.05, 0) is 34.4 Å².